The summed E-state index contributed by atoms with van der Waals surface area (Å²) in [5.41, 5.74) is 1.93. The molecule has 0 fully saturated rings. The van der Waals surface area contributed by atoms with E-state index in [2.05, 4.69) is 5.32 Å². The molecule has 0 saturated carbocycles. The van der Waals surface area contributed by atoms with Crippen molar-refractivity contribution in [3.8, 4) is 0 Å². The second-order valence-electron chi connectivity index (χ2n) is 4.47. The molecule has 2 aromatic carbocycles. The fourth-order valence-electron chi connectivity index (χ4n) is 1.76. The average molecular weight is 304 g/mol. The second kappa shape index (κ2) is 6.90. The predicted octanol–water partition coefficient (Wildman–Crippen LogP) is 3.44. The fourth-order valence-corrected chi connectivity index (χ4v) is 1.97. The van der Waals surface area contributed by atoms with Gasteiger partial charge >= 0.3 is 5.97 Å². The third-order valence-electron chi connectivity index (χ3n) is 2.73. The van der Waals surface area contributed by atoms with Gasteiger partial charge in [-0.1, -0.05) is 35.9 Å². The minimum absolute atomic E-state index is 0.238. The Morgan fingerprint density at radius 3 is 2.62 bits per heavy atom. The van der Waals surface area contributed by atoms with Crippen LogP contribution in [-0.2, 0) is 9.53 Å². The molecule has 0 spiro atoms. The average Bonchev–Trinajstić information content (AvgIpc) is 2.45. The van der Waals surface area contributed by atoms with Gasteiger partial charge in [0.15, 0.2) is 6.61 Å². The van der Waals surface area contributed by atoms with Gasteiger partial charge < -0.3 is 10.1 Å². The lowest BCUT2D eigenvalue weighted by atomic mass is 10.2. The van der Waals surface area contributed by atoms with Crippen LogP contribution in [0, 0.1) is 6.92 Å². The number of rotatable bonds is 4. The summed E-state index contributed by atoms with van der Waals surface area (Å²) < 4.78 is 4.94. The van der Waals surface area contributed by atoms with E-state index in [1.165, 1.54) is 0 Å². The van der Waals surface area contributed by atoms with Crippen molar-refractivity contribution in [1.82, 2.24) is 0 Å². The van der Waals surface area contributed by atoms with Crippen molar-refractivity contribution < 1.29 is 14.3 Å². The zero-order valence-electron chi connectivity index (χ0n) is 11.4. The lowest BCUT2D eigenvalue weighted by Crippen LogP contribution is -2.21. The first-order valence-corrected chi connectivity index (χ1v) is 6.72. The van der Waals surface area contributed by atoms with Crippen LogP contribution >= 0.6 is 11.6 Å². The van der Waals surface area contributed by atoms with Crippen LogP contribution in [0.1, 0.15) is 15.9 Å². The van der Waals surface area contributed by atoms with Gasteiger partial charge in [0.1, 0.15) is 0 Å². The second-order valence-corrected chi connectivity index (χ2v) is 4.88. The van der Waals surface area contributed by atoms with E-state index in [1.807, 2.05) is 25.1 Å². The number of halogens is 1. The zero-order valence-corrected chi connectivity index (χ0v) is 12.2. The Labute approximate surface area is 127 Å². The third-order valence-corrected chi connectivity index (χ3v) is 3.06. The number of hydrogen-bond acceptors (Lipinski definition) is 3. The molecule has 0 unspecified atom stereocenters. The molecule has 2 rings (SSSR count). The summed E-state index contributed by atoms with van der Waals surface area (Å²) in [7, 11) is 0. The number of carbonyl (C=O) groups excluding carboxylic acids is 2. The molecule has 0 bridgehead atoms. The number of anilines is 1. The highest BCUT2D eigenvalue weighted by molar-refractivity contribution is 6.33. The molecule has 0 aliphatic heterocycles. The maximum Gasteiger partial charge on any atom is 0.340 e. The largest absolute Gasteiger partial charge is 0.452 e. The number of amides is 1. The van der Waals surface area contributed by atoms with Gasteiger partial charge in [-0.2, -0.15) is 0 Å². The van der Waals surface area contributed by atoms with Crippen molar-refractivity contribution in [3.05, 3.63) is 64.7 Å². The van der Waals surface area contributed by atoms with Crippen LogP contribution < -0.4 is 5.32 Å². The SMILES string of the molecule is Cc1cccc(NC(=O)COC(=O)c2ccccc2Cl)c1. The van der Waals surface area contributed by atoms with Crippen molar-refractivity contribution in [1.29, 1.82) is 0 Å². The van der Waals surface area contributed by atoms with E-state index >= 15 is 0 Å². The molecule has 0 aliphatic carbocycles. The Balaban J connectivity index is 1.90. The molecule has 0 radical (unpaired) electrons. The van der Waals surface area contributed by atoms with Gasteiger partial charge in [0.05, 0.1) is 10.6 Å². The molecule has 1 amide bonds. The van der Waals surface area contributed by atoms with Gasteiger partial charge in [-0.05, 0) is 36.8 Å². The molecule has 108 valence electrons. The number of ether oxygens (including phenoxy) is 1. The van der Waals surface area contributed by atoms with Crippen LogP contribution in [0.2, 0.25) is 5.02 Å². The van der Waals surface area contributed by atoms with Crippen LogP contribution in [0.5, 0.6) is 0 Å². The fraction of sp³-hybridized carbons (Fsp3) is 0.125. The van der Waals surface area contributed by atoms with E-state index in [0.29, 0.717) is 10.7 Å². The highest BCUT2D eigenvalue weighted by atomic mass is 35.5. The first-order valence-electron chi connectivity index (χ1n) is 6.34. The summed E-state index contributed by atoms with van der Waals surface area (Å²) in [6, 6.07) is 13.9. The summed E-state index contributed by atoms with van der Waals surface area (Å²) in [6.07, 6.45) is 0. The lowest BCUT2D eigenvalue weighted by molar-refractivity contribution is -0.119. The van der Waals surface area contributed by atoms with E-state index in [-0.39, 0.29) is 12.2 Å². The summed E-state index contributed by atoms with van der Waals surface area (Å²) in [4.78, 5) is 23.5. The number of benzene rings is 2. The standard InChI is InChI=1S/C16H14ClNO3/c1-11-5-4-6-12(9-11)18-15(19)10-21-16(20)13-7-2-3-8-14(13)17/h2-9H,10H2,1H3,(H,18,19). The van der Waals surface area contributed by atoms with Gasteiger partial charge in [0, 0.05) is 5.69 Å². The van der Waals surface area contributed by atoms with E-state index in [1.54, 1.807) is 30.3 Å². The molecule has 0 atom stereocenters. The Morgan fingerprint density at radius 2 is 1.90 bits per heavy atom. The Morgan fingerprint density at radius 1 is 1.14 bits per heavy atom. The first kappa shape index (κ1) is 15.1. The maximum atomic E-state index is 11.8. The minimum atomic E-state index is -0.625. The maximum absolute atomic E-state index is 11.8. The number of aryl methyl sites for hydroxylation is 1. The van der Waals surface area contributed by atoms with Crippen molar-refractivity contribution in [2.75, 3.05) is 11.9 Å². The number of nitrogens with one attached hydrogen (secondary N) is 1. The van der Waals surface area contributed by atoms with E-state index in [9.17, 15) is 9.59 Å². The van der Waals surface area contributed by atoms with Crippen LogP contribution in [-0.4, -0.2) is 18.5 Å². The minimum Gasteiger partial charge on any atom is -0.452 e. The first-order chi connectivity index (χ1) is 10.1. The Kier molecular flexibility index (Phi) is 4.95. The normalized spacial score (nSPS) is 10.0. The van der Waals surface area contributed by atoms with Gasteiger partial charge in [-0.15, -0.1) is 0 Å². The topological polar surface area (TPSA) is 55.4 Å². The van der Waals surface area contributed by atoms with E-state index in [4.69, 9.17) is 16.3 Å². The monoisotopic (exact) mass is 303 g/mol. The van der Waals surface area contributed by atoms with Gasteiger partial charge in [0.25, 0.3) is 5.91 Å². The van der Waals surface area contributed by atoms with Crippen molar-refractivity contribution in [3.63, 3.8) is 0 Å². The van der Waals surface area contributed by atoms with Crippen molar-refractivity contribution >= 4 is 29.2 Å². The summed E-state index contributed by atoms with van der Waals surface area (Å²) in [6.45, 7) is 1.56. The Bertz CT molecular complexity index is 670. The highest BCUT2D eigenvalue weighted by Crippen LogP contribution is 2.16. The number of esters is 1. The zero-order chi connectivity index (χ0) is 15.2. The number of carbonyl (C=O) groups is 2. The summed E-state index contributed by atoms with van der Waals surface area (Å²) >= 11 is 5.88. The molecule has 0 aliphatic rings. The molecule has 0 aromatic heterocycles. The van der Waals surface area contributed by atoms with Crippen molar-refractivity contribution in [2.45, 2.75) is 6.92 Å². The molecule has 2 aromatic rings. The smallest absolute Gasteiger partial charge is 0.340 e. The van der Waals surface area contributed by atoms with Crippen LogP contribution in [0.4, 0.5) is 5.69 Å². The van der Waals surface area contributed by atoms with Gasteiger partial charge in [-0.3, -0.25) is 4.79 Å². The molecule has 21 heavy (non-hydrogen) atoms. The van der Waals surface area contributed by atoms with Crippen molar-refractivity contribution in [2.24, 2.45) is 0 Å². The third kappa shape index (κ3) is 4.33. The molecule has 5 heteroatoms. The van der Waals surface area contributed by atoms with E-state index < -0.39 is 11.9 Å². The molecule has 0 saturated heterocycles. The quantitative estimate of drug-likeness (QED) is 0.880. The summed E-state index contributed by atoms with van der Waals surface area (Å²) in [5.74, 6) is -1.03. The predicted molar refractivity (Wildman–Crippen MR) is 81.5 cm³/mol. The van der Waals surface area contributed by atoms with Crippen LogP contribution in [0.3, 0.4) is 0 Å². The van der Waals surface area contributed by atoms with Gasteiger partial charge in [0.2, 0.25) is 0 Å². The van der Waals surface area contributed by atoms with E-state index in [0.717, 1.165) is 5.56 Å². The lowest BCUT2D eigenvalue weighted by Gasteiger charge is -2.07. The number of hydrogen-bond donors (Lipinski definition) is 1. The molecular formula is C16H14ClNO3. The Hall–Kier alpha value is -2.33. The molecular weight excluding hydrogens is 290 g/mol. The van der Waals surface area contributed by atoms with Crippen LogP contribution in [0.15, 0.2) is 48.5 Å². The van der Waals surface area contributed by atoms with Gasteiger partial charge in [-0.25, -0.2) is 4.79 Å². The molecule has 1 N–H and O–H groups in total. The highest BCUT2D eigenvalue weighted by Gasteiger charge is 2.13. The molecule has 0 heterocycles. The molecule has 4 nitrogen and oxygen atoms in total. The summed E-state index contributed by atoms with van der Waals surface area (Å²) in [5, 5.41) is 2.95. The van der Waals surface area contributed by atoms with Crippen LogP contribution in [0.25, 0.3) is 0 Å².